The standard InChI is InChI=1S/C12H10Cl2N2O/c1-17-12-11(14)7-10(15-16-12)6-8-3-2-4-9(13)5-8/h2-5,7H,6H2,1H3. The molecule has 5 heteroatoms. The van der Waals surface area contributed by atoms with Crippen molar-refractivity contribution >= 4 is 23.2 Å². The summed E-state index contributed by atoms with van der Waals surface area (Å²) in [7, 11) is 1.51. The molecule has 0 unspecified atom stereocenters. The normalized spacial score (nSPS) is 10.3. The van der Waals surface area contributed by atoms with Gasteiger partial charge in [0.15, 0.2) is 0 Å². The van der Waals surface area contributed by atoms with E-state index >= 15 is 0 Å². The van der Waals surface area contributed by atoms with Gasteiger partial charge in [0, 0.05) is 11.4 Å². The van der Waals surface area contributed by atoms with E-state index in [9.17, 15) is 0 Å². The molecule has 0 amide bonds. The Morgan fingerprint density at radius 1 is 1.18 bits per heavy atom. The van der Waals surface area contributed by atoms with Gasteiger partial charge >= 0.3 is 0 Å². The Bertz CT molecular complexity index is 532. The molecule has 1 aromatic heterocycles. The van der Waals surface area contributed by atoms with Gasteiger partial charge in [-0.2, -0.15) is 5.10 Å². The molecule has 0 fully saturated rings. The zero-order valence-corrected chi connectivity index (χ0v) is 10.7. The molecular formula is C12H10Cl2N2O. The molecule has 2 aromatic rings. The van der Waals surface area contributed by atoms with Crippen molar-refractivity contribution in [2.45, 2.75) is 6.42 Å². The Morgan fingerprint density at radius 3 is 2.65 bits per heavy atom. The number of nitrogens with zero attached hydrogens (tertiary/aromatic N) is 2. The minimum Gasteiger partial charge on any atom is -0.479 e. The van der Waals surface area contributed by atoms with Crippen molar-refractivity contribution in [2.24, 2.45) is 0 Å². The van der Waals surface area contributed by atoms with E-state index in [4.69, 9.17) is 27.9 Å². The van der Waals surface area contributed by atoms with Gasteiger partial charge in [0.05, 0.1) is 12.8 Å². The summed E-state index contributed by atoms with van der Waals surface area (Å²) >= 11 is 11.9. The fraction of sp³-hybridized carbons (Fsp3) is 0.167. The van der Waals surface area contributed by atoms with Crippen LogP contribution in [0.4, 0.5) is 0 Å². The number of halogens is 2. The predicted octanol–water partition coefficient (Wildman–Crippen LogP) is 3.38. The minimum absolute atomic E-state index is 0.335. The van der Waals surface area contributed by atoms with E-state index in [1.54, 1.807) is 6.07 Å². The lowest BCUT2D eigenvalue weighted by Gasteiger charge is -2.04. The molecule has 0 bridgehead atoms. The number of aromatic nitrogens is 2. The van der Waals surface area contributed by atoms with Gasteiger partial charge in [-0.15, -0.1) is 5.10 Å². The van der Waals surface area contributed by atoms with E-state index < -0.39 is 0 Å². The van der Waals surface area contributed by atoms with Crippen molar-refractivity contribution in [2.75, 3.05) is 7.11 Å². The summed E-state index contributed by atoms with van der Waals surface area (Å²) in [5.74, 6) is 0.335. The van der Waals surface area contributed by atoms with Crippen LogP contribution in [-0.2, 0) is 6.42 Å². The maximum atomic E-state index is 5.97. The zero-order chi connectivity index (χ0) is 12.3. The van der Waals surface area contributed by atoms with E-state index in [1.165, 1.54) is 7.11 Å². The Morgan fingerprint density at radius 2 is 2.00 bits per heavy atom. The topological polar surface area (TPSA) is 35.0 Å². The summed E-state index contributed by atoms with van der Waals surface area (Å²) < 4.78 is 4.94. The van der Waals surface area contributed by atoms with Crippen LogP contribution in [-0.4, -0.2) is 17.3 Å². The summed E-state index contributed by atoms with van der Waals surface area (Å²) in [5.41, 5.74) is 1.84. The molecule has 2 rings (SSSR count). The highest BCUT2D eigenvalue weighted by Gasteiger charge is 2.06. The third kappa shape index (κ3) is 3.08. The summed E-state index contributed by atoms with van der Waals surface area (Å²) in [6, 6.07) is 9.34. The summed E-state index contributed by atoms with van der Waals surface area (Å²) in [6.07, 6.45) is 0.636. The predicted molar refractivity (Wildman–Crippen MR) is 67.9 cm³/mol. The maximum Gasteiger partial charge on any atom is 0.252 e. The molecule has 0 saturated heterocycles. The Labute approximate surface area is 109 Å². The van der Waals surface area contributed by atoms with Gasteiger partial charge in [0.25, 0.3) is 5.88 Å². The molecule has 1 heterocycles. The van der Waals surface area contributed by atoms with Crippen LogP contribution in [0.5, 0.6) is 5.88 Å². The van der Waals surface area contributed by atoms with Crippen LogP contribution < -0.4 is 4.74 Å². The van der Waals surface area contributed by atoms with Crippen LogP contribution in [0.2, 0.25) is 10.0 Å². The quantitative estimate of drug-likeness (QED) is 0.856. The van der Waals surface area contributed by atoms with E-state index in [-0.39, 0.29) is 0 Å². The minimum atomic E-state index is 0.335. The van der Waals surface area contributed by atoms with Crippen LogP contribution >= 0.6 is 23.2 Å². The lowest BCUT2D eigenvalue weighted by molar-refractivity contribution is 0.391. The first-order chi connectivity index (χ1) is 8.19. The summed E-state index contributed by atoms with van der Waals surface area (Å²) in [6.45, 7) is 0. The van der Waals surface area contributed by atoms with E-state index in [2.05, 4.69) is 10.2 Å². The smallest absolute Gasteiger partial charge is 0.252 e. The van der Waals surface area contributed by atoms with Crippen LogP contribution in [0.1, 0.15) is 11.3 Å². The van der Waals surface area contributed by atoms with Crippen LogP contribution in [0.15, 0.2) is 30.3 Å². The van der Waals surface area contributed by atoms with Gasteiger partial charge in [0.2, 0.25) is 0 Å². The number of hydrogen-bond donors (Lipinski definition) is 0. The van der Waals surface area contributed by atoms with Crippen molar-refractivity contribution in [3.05, 3.63) is 51.6 Å². The Balaban J connectivity index is 2.22. The van der Waals surface area contributed by atoms with Gasteiger partial charge in [0.1, 0.15) is 5.02 Å². The molecule has 0 saturated carbocycles. The molecule has 3 nitrogen and oxygen atoms in total. The van der Waals surface area contributed by atoms with E-state index in [0.717, 1.165) is 11.3 Å². The molecule has 0 aliphatic carbocycles. The monoisotopic (exact) mass is 268 g/mol. The molecule has 17 heavy (non-hydrogen) atoms. The molecule has 1 aromatic carbocycles. The van der Waals surface area contributed by atoms with Gasteiger partial charge in [-0.25, -0.2) is 0 Å². The molecule has 0 aliphatic heterocycles. The number of hydrogen-bond acceptors (Lipinski definition) is 3. The first-order valence-electron chi connectivity index (χ1n) is 4.99. The second-order valence-corrected chi connectivity index (χ2v) is 4.34. The van der Waals surface area contributed by atoms with Crippen LogP contribution in [0, 0.1) is 0 Å². The highest BCUT2D eigenvalue weighted by Crippen LogP contribution is 2.22. The van der Waals surface area contributed by atoms with Gasteiger partial charge < -0.3 is 4.74 Å². The van der Waals surface area contributed by atoms with Crippen molar-refractivity contribution in [3.8, 4) is 5.88 Å². The molecule has 0 atom stereocenters. The number of rotatable bonds is 3. The first-order valence-corrected chi connectivity index (χ1v) is 5.75. The highest BCUT2D eigenvalue weighted by molar-refractivity contribution is 6.31. The molecule has 0 spiro atoms. The molecule has 0 N–H and O–H groups in total. The van der Waals surface area contributed by atoms with Crippen LogP contribution in [0.25, 0.3) is 0 Å². The molecular weight excluding hydrogens is 259 g/mol. The number of benzene rings is 1. The van der Waals surface area contributed by atoms with Crippen molar-refractivity contribution < 1.29 is 4.74 Å². The van der Waals surface area contributed by atoms with E-state index in [0.29, 0.717) is 22.3 Å². The number of methoxy groups -OCH3 is 1. The van der Waals surface area contributed by atoms with Crippen molar-refractivity contribution in [1.82, 2.24) is 10.2 Å². The van der Waals surface area contributed by atoms with Gasteiger partial charge in [-0.3, -0.25) is 0 Å². The molecule has 88 valence electrons. The number of ether oxygens (including phenoxy) is 1. The SMILES string of the molecule is COc1nnc(Cc2cccc(Cl)c2)cc1Cl. The first kappa shape index (κ1) is 12.1. The zero-order valence-electron chi connectivity index (χ0n) is 9.15. The van der Waals surface area contributed by atoms with Crippen LogP contribution in [0.3, 0.4) is 0 Å². The fourth-order valence-electron chi connectivity index (χ4n) is 1.48. The molecule has 0 radical (unpaired) electrons. The fourth-order valence-corrected chi connectivity index (χ4v) is 1.93. The second-order valence-electron chi connectivity index (χ2n) is 3.50. The highest BCUT2D eigenvalue weighted by atomic mass is 35.5. The third-order valence-corrected chi connectivity index (χ3v) is 2.74. The van der Waals surface area contributed by atoms with Gasteiger partial charge in [-0.1, -0.05) is 35.3 Å². The summed E-state index contributed by atoms with van der Waals surface area (Å²) in [4.78, 5) is 0. The van der Waals surface area contributed by atoms with Crippen molar-refractivity contribution in [3.63, 3.8) is 0 Å². The van der Waals surface area contributed by atoms with E-state index in [1.807, 2.05) is 24.3 Å². The average Bonchev–Trinajstić information content (AvgIpc) is 2.29. The largest absolute Gasteiger partial charge is 0.479 e. The third-order valence-electron chi connectivity index (χ3n) is 2.23. The summed E-state index contributed by atoms with van der Waals surface area (Å²) in [5, 5.41) is 9.07. The van der Waals surface area contributed by atoms with Gasteiger partial charge in [-0.05, 0) is 23.8 Å². The lowest BCUT2D eigenvalue weighted by atomic mass is 10.1. The Kier molecular flexibility index (Phi) is 3.82. The average molecular weight is 269 g/mol. The maximum absolute atomic E-state index is 5.97. The lowest BCUT2D eigenvalue weighted by Crippen LogP contribution is -1.98. The Hall–Kier alpha value is -1.32. The second kappa shape index (κ2) is 5.34. The molecule has 0 aliphatic rings. The van der Waals surface area contributed by atoms with Crippen molar-refractivity contribution in [1.29, 1.82) is 0 Å².